The first-order valence-corrected chi connectivity index (χ1v) is 6.95. The minimum Gasteiger partial charge on any atom is -0.478 e. The molecular formula is C15H20N2O4. The van der Waals surface area contributed by atoms with Crippen LogP contribution in [0.1, 0.15) is 37.6 Å². The highest BCUT2D eigenvalue weighted by molar-refractivity contribution is 6.03. The summed E-state index contributed by atoms with van der Waals surface area (Å²) in [6.07, 6.45) is -0.116. The average molecular weight is 292 g/mol. The van der Waals surface area contributed by atoms with Gasteiger partial charge in [0, 0.05) is 6.54 Å². The summed E-state index contributed by atoms with van der Waals surface area (Å²) in [7, 11) is 0. The molecule has 3 N–H and O–H groups in total. The Morgan fingerprint density at radius 3 is 2.90 bits per heavy atom. The third-order valence-corrected chi connectivity index (χ3v) is 3.57. The van der Waals surface area contributed by atoms with Crippen LogP contribution in [0, 0.1) is 0 Å². The van der Waals surface area contributed by atoms with Crippen LogP contribution < -0.4 is 15.4 Å². The molecule has 0 saturated heterocycles. The van der Waals surface area contributed by atoms with E-state index >= 15 is 0 Å². The zero-order valence-electron chi connectivity index (χ0n) is 12.4. The van der Waals surface area contributed by atoms with E-state index < -0.39 is 11.7 Å². The molecule has 2 atom stereocenters. The van der Waals surface area contributed by atoms with Gasteiger partial charge in [0.2, 0.25) is 0 Å². The van der Waals surface area contributed by atoms with E-state index in [0.717, 1.165) is 0 Å². The van der Waals surface area contributed by atoms with Crippen LogP contribution in [-0.2, 0) is 4.79 Å². The van der Waals surface area contributed by atoms with Crippen molar-refractivity contribution in [2.24, 2.45) is 0 Å². The predicted octanol–water partition coefficient (Wildman–Crippen LogP) is 1.30. The second kappa shape index (κ2) is 5.73. The Morgan fingerprint density at radius 1 is 1.52 bits per heavy atom. The maximum Gasteiger partial charge on any atom is 0.265 e. The van der Waals surface area contributed by atoms with Gasteiger partial charge >= 0.3 is 0 Å². The minimum atomic E-state index is -0.952. The number of anilines is 1. The van der Waals surface area contributed by atoms with Gasteiger partial charge in [-0.2, -0.15) is 0 Å². The maximum atomic E-state index is 12.3. The fourth-order valence-corrected chi connectivity index (χ4v) is 1.90. The van der Waals surface area contributed by atoms with Gasteiger partial charge in [-0.1, -0.05) is 13.0 Å². The summed E-state index contributed by atoms with van der Waals surface area (Å²) in [5.74, 6) is -0.226. The molecule has 0 bridgehead atoms. The molecule has 2 unspecified atom stereocenters. The molecule has 114 valence electrons. The summed E-state index contributed by atoms with van der Waals surface area (Å²) >= 11 is 0. The van der Waals surface area contributed by atoms with Crippen LogP contribution in [-0.4, -0.2) is 35.2 Å². The van der Waals surface area contributed by atoms with Crippen molar-refractivity contribution in [1.29, 1.82) is 0 Å². The lowest BCUT2D eigenvalue weighted by molar-refractivity contribution is -0.122. The topological polar surface area (TPSA) is 87.7 Å². The number of para-hydroxylation sites is 1. The Kier molecular flexibility index (Phi) is 4.18. The van der Waals surface area contributed by atoms with Gasteiger partial charge in [0.25, 0.3) is 11.8 Å². The molecule has 6 heteroatoms. The molecule has 1 heterocycles. The molecule has 2 rings (SSSR count). The van der Waals surface area contributed by atoms with Crippen LogP contribution in [0.25, 0.3) is 0 Å². The number of aliphatic hydroxyl groups is 1. The van der Waals surface area contributed by atoms with E-state index in [1.807, 2.05) is 6.92 Å². The standard InChI is InChI=1S/C15H20N2O4/c1-4-15(3,20)8-16-14(19)10-6-5-7-11-12(10)21-9(2)13(18)17-11/h5-7,9,20H,4,8H2,1-3H3,(H,16,19)(H,17,18). The lowest BCUT2D eigenvalue weighted by atomic mass is 10.0. The molecular weight excluding hydrogens is 272 g/mol. The molecule has 1 aromatic carbocycles. The number of hydrogen-bond donors (Lipinski definition) is 3. The fourth-order valence-electron chi connectivity index (χ4n) is 1.90. The quantitative estimate of drug-likeness (QED) is 0.780. The summed E-state index contributed by atoms with van der Waals surface area (Å²) in [6, 6.07) is 4.97. The van der Waals surface area contributed by atoms with Crippen molar-refractivity contribution in [2.75, 3.05) is 11.9 Å². The molecule has 1 aromatic rings. The van der Waals surface area contributed by atoms with Crippen molar-refractivity contribution in [3.63, 3.8) is 0 Å². The highest BCUT2D eigenvalue weighted by Gasteiger charge is 2.28. The third kappa shape index (κ3) is 3.33. The van der Waals surface area contributed by atoms with E-state index in [9.17, 15) is 14.7 Å². The number of ether oxygens (including phenoxy) is 1. The van der Waals surface area contributed by atoms with Gasteiger partial charge < -0.3 is 20.5 Å². The summed E-state index contributed by atoms with van der Waals surface area (Å²) in [5, 5.41) is 15.3. The molecule has 0 aliphatic carbocycles. The number of fused-ring (bicyclic) bond motifs is 1. The van der Waals surface area contributed by atoms with Gasteiger partial charge in [-0.3, -0.25) is 9.59 Å². The first-order chi connectivity index (χ1) is 9.84. The summed E-state index contributed by atoms with van der Waals surface area (Å²) < 4.78 is 5.52. The van der Waals surface area contributed by atoms with Crippen molar-refractivity contribution >= 4 is 17.5 Å². The van der Waals surface area contributed by atoms with Gasteiger partial charge in [-0.15, -0.1) is 0 Å². The van der Waals surface area contributed by atoms with Gasteiger partial charge in [-0.05, 0) is 32.4 Å². The molecule has 0 saturated carbocycles. The Labute approximate surface area is 123 Å². The lowest BCUT2D eigenvalue weighted by Gasteiger charge is -2.26. The number of carbonyl (C=O) groups excluding carboxylic acids is 2. The molecule has 2 amide bonds. The molecule has 1 aliphatic rings. The zero-order chi connectivity index (χ0) is 15.6. The van der Waals surface area contributed by atoms with Crippen LogP contribution in [0.2, 0.25) is 0 Å². The van der Waals surface area contributed by atoms with Crippen LogP contribution in [0.15, 0.2) is 18.2 Å². The van der Waals surface area contributed by atoms with E-state index in [1.54, 1.807) is 32.0 Å². The SMILES string of the molecule is CCC(C)(O)CNC(=O)c1cccc2c1OC(C)C(=O)N2. The summed E-state index contributed by atoms with van der Waals surface area (Å²) in [4.78, 5) is 23.8. The number of nitrogens with one attached hydrogen (secondary N) is 2. The van der Waals surface area contributed by atoms with Gasteiger partial charge in [0.15, 0.2) is 11.9 Å². The molecule has 0 fully saturated rings. The van der Waals surface area contributed by atoms with Crippen molar-refractivity contribution in [1.82, 2.24) is 5.32 Å². The second-order valence-electron chi connectivity index (χ2n) is 5.46. The minimum absolute atomic E-state index is 0.147. The van der Waals surface area contributed by atoms with Gasteiger partial charge in [-0.25, -0.2) is 0 Å². The molecule has 1 aliphatic heterocycles. The second-order valence-corrected chi connectivity index (χ2v) is 5.46. The molecule has 0 spiro atoms. The first-order valence-electron chi connectivity index (χ1n) is 6.95. The monoisotopic (exact) mass is 292 g/mol. The van der Waals surface area contributed by atoms with Gasteiger partial charge in [0.05, 0.1) is 16.9 Å². The highest BCUT2D eigenvalue weighted by atomic mass is 16.5. The Hall–Kier alpha value is -2.08. The van der Waals surface area contributed by atoms with Crippen molar-refractivity contribution in [2.45, 2.75) is 38.9 Å². The van der Waals surface area contributed by atoms with E-state index in [4.69, 9.17) is 4.74 Å². The molecule has 6 nitrogen and oxygen atoms in total. The molecule has 21 heavy (non-hydrogen) atoms. The van der Waals surface area contributed by atoms with Crippen molar-refractivity contribution < 1.29 is 19.4 Å². The largest absolute Gasteiger partial charge is 0.478 e. The highest BCUT2D eigenvalue weighted by Crippen LogP contribution is 2.33. The Morgan fingerprint density at radius 2 is 2.24 bits per heavy atom. The van der Waals surface area contributed by atoms with Crippen molar-refractivity contribution in [3.8, 4) is 5.75 Å². The van der Waals surface area contributed by atoms with Crippen LogP contribution >= 0.6 is 0 Å². The number of hydrogen-bond acceptors (Lipinski definition) is 4. The normalized spacial score (nSPS) is 19.8. The summed E-state index contributed by atoms with van der Waals surface area (Å²) in [5.41, 5.74) is -0.133. The number of benzene rings is 1. The number of carbonyl (C=O) groups is 2. The first kappa shape index (κ1) is 15.3. The third-order valence-electron chi connectivity index (χ3n) is 3.57. The molecule has 0 radical (unpaired) electrons. The molecule has 0 aromatic heterocycles. The predicted molar refractivity (Wildman–Crippen MR) is 78.4 cm³/mol. The lowest BCUT2D eigenvalue weighted by Crippen LogP contribution is -2.41. The smallest absolute Gasteiger partial charge is 0.265 e. The Balaban J connectivity index is 2.19. The fraction of sp³-hybridized carbons (Fsp3) is 0.467. The number of rotatable bonds is 4. The van der Waals surface area contributed by atoms with E-state index in [2.05, 4.69) is 10.6 Å². The van der Waals surface area contributed by atoms with Gasteiger partial charge in [0.1, 0.15) is 0 Å². The van der Waals surface area contributed by atoms with E-state index in [0.29, 0.717) is 23.4 Å². The van der Waals surface area contributed by atoms with Crippen LogP contribution in [0.5, 0.6) is 5.75 Å². The summed E-state index contributed by atoms with van der Waals surface area (Å²) in [6.45, 7) is 5.27. The van der Waals surface area contributed by atoms with Crippen LogP contribution in [0.3, 0.4) is 0 Å². The van der Waals surface area contributed by atoms with E-state index in [-0.39, 0.29) is 18.4 Å². The average Bonchev–Trinajstić information content (AvgIpc) is 2.45. The maximum absolute atomic E-state index is 12.3. The Bertz CT molecular complexity index is 569. The number of amides is 2. The van der Waals surface area contributed by atoms with E-state index in [1.165, 1.54) is 0 Å². The van der Waals surface area contributed by atoms with Crippen molar-refractivity contribution in [3.05, 3.63) is 23.8 Å². The van der Waals surface area contributed by atoms with Crippen LogP contribution in [0.4, 0.5) is 5.69 Å². The zero-order valence-corrected chi connectivity index (χ0v) is 12.4.